The van der Waals surface area contributed by atoms with Crippen LogP contribution in [0.4, 0.5) is 0 Å². The van der Waals surface area contributed by atoms with E-state index in [0.29, 0.717) is 16.4 Å². The Morgan fingerprint density at radius 2 is 1.95 bits per heavy atom. The first-order chi connectivity index (χ1) is 9.58. The summed E-state index contributed by atoms with van der Waals surface area (Å²) in [6, 6.07) is 13.3. The van der Waals surface area contributed by atoms with Crippen LogP contribution in [-0.2, 0) is 0 Å². The molecule has 1 heterocycles. The Morgan fingerprint density at radius 3 is 2.70 bits per heavy atom. The Labute approximate surface area is 135 Å². The average molecular weight is 399 g/mol. The first kappa shape index (κ1) is 13.9. The van der Waals surface area contributed by atoms with Gasteiger partial charge in [-0.2, -0.15) is 0 Å². The number of furan rings is 1. The Balaban J connectivity index is 2.10. The predicted octanol–water partition coefficient (Wildman–Crippen LogP) is 5.08. The fourth-order valence-electron chi connectivity index (χ4n) is 2.22. The molecule has 0 radical (unpaired) electrons. The number of hydrogen-bond acceptors (Lipinski definition) is 2. The van der Waals surface area contributed by atoms with E-state index >= 15 is 0 Å². The van der Waals surface area contributed by atoms with Crippen molar-refractivity contribution in [3.05, 3.63) is 67.9 Å². The van der Waals surface area contributed by atoms with Crippen molar-refractivity contribution in [2.75, 3.05) is 0 Å². The zero-order valence-electron chi connectivity index (χ0n) is 10.7. The minimum absolute atomic E-state index is 0.511. The lowest BCUT2D eigenvalue weighted by Crippen LogP contribution is -2.01. The third kappa shape index (κ3) is 2.34. The number of hydrogen-bond donors (Lipinski definition) is 1. The molecule has 2 aromatic carbocycles. The number of aliphatic hydroxyl groups is 1. The Bertz CT molecular complexity index is 779. The molecular formula is C16H12ClIO2. The molecule has 20 heavy (non-hydrogen) atoms. The molecule has 0 amide bonds. The molecule has 1 aromatic heterocycles. The van der Waals surface area contributed by atoms with Gasteiger partial charge in [0.25, 0.3) is 0 Å². The number of benzene rings is 2. The van der Waals surface area contributed by atoms with E-state index in [2.05, 4.69) is 22.6 Å². The van der Waals surface area contributed by atoms with Crippen molar-refractivity contribution in [3.63, 3.8) is 0 Å². The van der Waals surface area contributed by atoms with Gasteiger partial charge in [0.2, 0.25) is 0 Å². The third-order valence-electron chi connectivity index (χ3n) is 3.30. The summed E-state index contributed by atoms with van der Waals surface area (Å²) in [5.74, 6) is 0.511. The van der Waals surface area contributed by atoms with Crippen LogP contribution >= 0.6 is 34.2 Å². The van der Waals surface area contributed by atoms with Crippen LogP contribution < -0.4 is 0 Å². The molecule has 0 saturated carbocycles. The molecule has 1 N–H and O–H groups in total. The minimum atomic E-state index is -0.787. The van der Waals surface area contributed by atoms with Gasteiger partial charge in [-0.3, -0.25) is 0 Å². The fraction of sp³-hybridized carbons (Fsp3) is 0.125. The standard InChI is InChI=1S/C16H12ClIO2/c1-9-4-2-6-11(14(9)18)15(19)13-8-10-5-3-7-12(17)16(10)20-13/h2-8,15,19H,1H3. The van der Waals surface area contributed by atoms with Crippen LogP contribution in [0.15, 0.2) is 46.9 Å². The molecule has 1 unspecified atom stereocenters. The SMILES string of the molecule is Cc1cccc(C(O)c2cc3cccc(Cl)c3o2)c1I. The minimum Gasteiger partial charge on any atom is -0.456 e. The van der Waals surface area contributed by atoms with Gasteiger partial charge in [0.15, 0.2) is 5.58 Å². The van der Waals surface area contributed by atoms with Gasteiger partial charge in [0, 0.05) is 14.5 Å². The van der Waals surface area contributed by atoms with Gasteiger partial charge in [-0.15, -0.1) is 0 Å². The maximum atomic E-state index is 10.5. The van der Waals surface area contributed by atoms with E-state index in [0.717, 1.165) is 20.1 Å². The van der Waals surface area contributed by atoms with Crippen molar-refractivity contribution in [2.24, 2.45) is 0 Å². The average Bonchev–Trinajstić information content (AvgIpc) is 2.87. The second-order valence-corrected chi connectivity index (χ2v) is 6.17. The topological polar surface area (TPSA) is 33.4 Å². The molecule has 1 atom stereocenters. The molecule has 0 saturated heterocycles. The van der Waals surface area contributed by atoms with Crippen LogP contribution in [0.2, 0.25) is 5.02 Å². The molecule has 3 rings (SSSR count). The van der Waals surface area contributed by atoms with Crippen LogP contribution in [0.1, 0.15) is 23.0 Å². The quantitative estimate of drug-likeness (QED) is 0.611. The van der Waals surface area contributed by atoms with Crippen molar-refractivity contribution in [2.45, 2.75) is 13.0 Å². The number of rotatable bonds is 2. The smallest absolute Gasteiger partial charge is 0.153 e. The lowest BCUT2D eigenvalue weighted by Gasteiger charge is -2.11. The highest BCUT2D eigenvalue weighted by Crippen LogP contribution is 2.33. The maximum absolute atomic E-state index is 10.5. The summed E-state index contributed by atoms with van der Waals surface area (Å²) in [5.41, 5.74) is 2.60. The molecule has 0 aliphatic rings. The molecule has 0 aliphatic heterocycles. The highest BCUT2D eigenvalue weighted by atomic mass is 127. The first-order valence-corrected chi connectivity index (χ1v) is 7.64. The highest BCUT2D eigenvalue weighted by molar-refractivity contribution is 14.1. The maximum Gasteiger partial charge on any atom is 0.153 e. The Hall–Kier alpha value is -1.04. The molecule has 0 bridgehead atoms. The molecular weight excluding hydrogens is 387 g/mol. The number of halogens is 2. The highest BCUT2D eigenvalue weighted by Gasteiger charge is 2.19. The van der Waals surface area contributed by atoms with Crippen LogP contribution in [0.3, 0.4) is 0 Å². The lowest BCUT2D eigenvalue weighted by atomic mass is 10.0. The van der Waals surface area contributed by atoms with E-state index in [9.17, 15) is 5.11 Å². The van der Waals surface area contributed by atoms with Crippen molar-refractivity contribution in [3.8, 4) is 0 Å². The number of aliphatic hydroxyl groups excluding tert-OH is 1. The van der Waals surface area contributed by atoms with E-state index < -0.39 is 6.10 Å². The summed E-state index contributed by atoms with van der Waals surface area (Å²) >= 11 is 8.35. The van der Waals surface area contributed by atoms with Gasteiger partial charge in [-0.05, 0) is 47.2 Å². The lowest BCUT2D eigenvalue weighted by molar-refractivity contribution is 0.191. The third-order valence-corrected chi connectivity index (χ3v) is 5.07. The van der Waals surface area contributed by atoms with Gasteiger partial charge in [0.05, 0.1) is 5.02 Å². The molecule has 2 nitrogen and oxygen atoms in total. The summed E-state index contributed by atoms with van der Waals surface area (Å²) in [7, 11) is 0. The van der Waals surface area contributed by atoms with Crippen molar-refractivity contribution < 1.29 is 9.52 Å². The van der Waals surface area contributed by atoms with Gasteiger partial charge in [-0.1, -0.05) is 41.9 Å². The van der Waals surface area contributed by atoms with E-state index in [-0.39, 0.29) is 0 Å². The van der Waals surface area contributed by atoms with Crippen LogP contribution in [0.25, 0.3) is 11.0 Å². The number of para-hydroxylation sites is 1. The van der Waals surface area contributed by atoms with Gasteiger partial charge in [0.1, 0.15) is 11.9 Å². The van der Waals surface area contributed by atoms with Crippen molar-refractivity contribution in [1.29, 1.82) is 0 Å². The second-order valence-electron chi connectivity index (χ2n) is 4.69. The normalized spacial score (nSPS) is 12.8. The summed E-state index contributed by atoms with van der Waals surface area (Å²) in [4.78, 5) is 0. The van der Waals surface area contributed by atoms with E-state index in [1.807, 2.05) is 43.3 Å². The van der Waals surface area contributed by atoms with Gasteiger partial charge in [-0.25, -0.2) is 0 Å². The van der Waals surface area contributed by atoms with E-state index in [1.165, 1.54) is 0 Å². The molecule has 102 valence electrons. The van der Waals surface area contributed by atoms with Crippen molar-refractivity contribution >= 4 is 45.2 Å². The number of fused-ring (bicyclic) bond motifs is 1. The molecule has 0 aliphatic carbocycles. The fourth-order valence-corrected chi connectivity index (χ4v) is 3.09. The van der Waals surface area contributed by atoms with E-state index in [4.69, 9.17) is 16.0 Å². The van der Waals surface area contributed by atoms with Crippen LogP contribution in [0, 0.1) is 10.5 Å². The number of aryl methyl sites for hydroxylation is 1. The molecule has 4 heteroatoms. The van der Waals surface area contributed by atoms with Crippen LogP contribution in [-0.4, -0.2) is 5.11 Å². The van der Waals surface area contributed by atoms with Crippen molar-refractivity contribution in [1.82, 2.24) is 0 Å². The van der Waals surface area contributed by atoms with Crippen LogP contribution in [0.5, 0.6) is 0 Å². The summed E-state index contributed by atoms with van der Waals surface area (Å²) in [6.07, 6.45) is -0.787. The Morgan fingerprint density at radius 1 is 1.20 bits per heavy atom. The van der Waals surface area contributed by atoms with E-state index in [1.54, 1.807) is 6.07 Å². The van der Waals surface area contributed by atoms with Gasteiger partial charge >= 0.3 is 0 Å². The zero-order chi connectivity index (χ0) is 14.3. The monoisotopic (exact) mass is 398 g/mol. The van der Waals surface area contributed by atoms with Gasteiger partial charge < -0.3 is 9.52 Å². The molecule has 0 fully saturated rings. The summed E-state index contributed by atoms with van der Waals surface area (Å²) in [6.45, 7) is 2.02. The Kier molecular flexibility index (Phi) is 3.75. The predicted molar refractivity (Wildman–Crippen MR) is 89.2 cm³/mol. The summed E-state index contributed by atoms with van der Waals surface area (Å²) in [5, 5.41) is 12.0. The second kappa shape index (κ2) is 5.39. The largest absolute Gasteiger partial charge is 0.456 e. The first-order valence-electron chi connectivity index (χ1n) is 6.19. The molecule has 0 spiro atoms. The summed E-state index contributed by atoms with van der Waals surface area (Å²) < 4.78 is 6.77. The zero-order valence-corrected chi connectivity index (χ0v) is 13.6. The molecule has 3 aromatic rings.